The van der Waals surface area contributed by atoms with Crippen molar-refractivity contribution >= 4 is 0 Å². The van der Waals surface area contributed by atoms with Crippen LogP contribution in [0.1, 0.15) is 13.8 Å². The molecule has 0 spiro atoms. The number of hydrogen-bond donors (Lipinski definition) is 0. The van der Waals surface area contributed by atoms with Gasteiger partial charge in [0.2, 0.25) is 0 Å². The van der Waals surface area contributed by atoms with Crippen LogP contribution >= 0.6 is 0 Å². The molecule has 0 amide bonds. The van der Waals surface area contributed by atoms with Crippen LogP contribution in [0.3, 0.4) is 0 Å². The molecule has 0 aliphatic rings. The maximum absolute atomic E-state index is 5.13. The molecule has 0 aromatic carbocycles. The lowest BCUT2D eigenvalue weighted by molar-refractivity contribution is 0.0740. The molecule has 2 heteroatoms. The molecule has 0 saturated heterocycles. The summed E-state index contributed by atoms with van der Waals surface area (Å²) in [5.41, 5.74) is -0.310. The highest BCUT2D eigenvalue weighted by Gasteiger charge is 2.10. The van der Waals surface area contributed by atoms with E-state index in [2.05, 4.69) is 11.8 Å². The Labute approximate surface area is 69.5 Å². The van der Waals surface area contributed by atoms with E-state index in [0.29, 0.717) is 0 Å². The zero-order chi connectivity index (χ0) is 8.91. The topological polar surface area (TPSA) is 12.5 Å². The van der Waals surface area contributed by atoms with Crippen LogP contribution in [-0.4, -0.2) is 38.3 Å². The number of nitrogens with zero attached hydrogens (tertiary/aromatic N) is 1. The van der Waals surface area contributed by atoms with Gasteiger partial charge in [0.1, 0.15) is 5.60 Å². The molecule has 0 aliphatic heterocycles. The molecule has 0 N–H and O–H groups in total. The van der Waals surface area contributed by atoms with Crippen LogP contribution in [0.5, 0.6) is 0 Å². The molecule has 0 atom stereocenters. The van der Waals surface area contributed by atoms with E-state index in [0.717, 1.165) is 6.54 Å². The van der Waals surface area contributed by atoms with Crippen molar-refractivity contribution < 1.29 is 4.74 Å². The van der Waals surface area contributed by atoms with Gasteiger partial charge < -0.3 is 4.74 Å². The summed E-state index contributed by atoms with van der Waals surface area (Å²) in [6.45, 7) is 4.69. The Morgan fingerprint density at radius 2 is 1.91 bits per heavy atom. The Morgan fingerprint density at radius 1 is 1.36 bits per heavy atom. The van der Waals surface area contributed by atoms with Gasteiger partial charge in [-0.1, -0.05) is 11.8 Å². The minimum absolute atomic E-state index is 0.310. The maximum atomic E-state index is 5.13. The molecule has 0 aromatic heterocycles. The first-order chi connectivity index (χ1) is 4.98. The predicted octanol–water partition coefficient (Wildman–Crippen LogP) is 0.976. The van der Waals surface area contributed by atoms with Crippen LogP contribution in [0.25, 0.3) is 0 Å². The van der Waals surface area contributed by atoms with Crippen LogP contribution in [-0.2, 0) is 4.74 Å². The number of rotatable bonds is 2. The molecule has 0 heterocycles. The average Bonchev–Trinajstić information content (AvgIpc) is 1.87. The van der Waals surface area contributed by atoms with E-state index < -0.39 is 0 Å². The molecule has 11 heavy (non-hydrogen) atoms. The van der Waals surface area contributed by atoms with E-state index in [1.54, 1.807) is 7.11 Å². The summed E-state index contributed by atoms with van der Waals surface area (Å²) in [6.07, 6.45) is 0. The van der Waals surface area contributed by atoms with E-state index in [1.165, 1.54) is 0 Å². The highest BCUT2D eigenvalue weighted by atomic mass is 16.5. The Balaban J connectivity index is 3.86. The fourth-order valence-corrected chi connectivity index (χ4v) is 0.462. The molecule has 0 rings (SSSR count). The number of methoxy groups -OCH3 is 1. The van der Waals surface area contributed by atoms with Crippen LogP contribution in [0, 0.1) is 11.8 Å². The smallest absolute Gasteiger partial charge is 0.122 e. The van der Waals surface area contributed by atoms with Gasteiger partial charge in [0.25, 0.3) is 0 Å². The highest BCUT2D eigenvalue weighted by Crippen LogP contribution is 2.03. The van der Waals surface area contributed by atoms with Gasteiger partial charge in [-0.05, 0) is 27.9 Å². The van der Waals surface area contributed by atoms with Crippen LogP contribution < -0.4 is 0 Å². The minimum Gasteiger partial charge on any atom is -0.366 e. The third kappa shape index (κ3) is 5.90. The van der Waals surface area contributed by atoms with Gasteiger partial charge in [-0.2, -0.15) is 0 Å². The number of hydrogen-bond acceptors (Lipinski definition) is 2. The second-order valence-corrected chi connectivity index (χ2v) is 3.25. The SMILES string of the molecule is COC(C)(C)C#CCN(C)C. The Bertz CT molecular complexity index is 162. The summed E-state index contributed by atoms with van der Waals surface area (Å²) in [5, 5.41) is 0. The van der Waals surface area contributed by atoms with Crippen LogP contribution in [0.2, 0.25) is 0 Å². The molecule has 0 saturated carbocycles. The van der Waals surface area contributed by atoms with Crippen molar-refractivity contribution in [1.29, 1.82) is 0 Å². The number of ether oxygens (including phenoxy) is 1. The third-order valence-electron chi connectivity index (χ3n) is 1.30. The molecule has 0 fully saturated rings. The van der Waals surface area contributed by atoms with Gasteiger partial charge in [-0.15, -0.1) is 0 Å². The molecule has 0 unspecified atom stereocenters. The van der Waals surface area contributed by atoms with E-state index in [1.807, 2.05) is 32.8 Å². The second-order valence-electron chi connectivity index (χ2n) is 3.25. The van der Waals surface area contributed by atoms with E-state index in [-0.39, 0.29) is 5.60 Å². The Hall–Kier alpha value is -0.520. The summed E-state index contributed by atoms with van der Waals surface area (Å²) in [6, 6.07) is 0. The second kappa shape index (κ2) is 4.38. The monoisotopic (exact) mass is 155 g/mol. The summed E-state index contributed by atoms with van der Waals surface area (Å²) in [7, 11) is 5.66. The first kappa shape index (κ1) is 10.5. The molecule has 0 radical (unpaired) electrons. The van der Waals surface area contributed by atoms with Gasteiger partial charge in [0.15, 0.2) is 0 Å². The fraction of sp³-hybridized carbons (Fsp3) is 0.778. The van der Waals surface area contributed by atoms with Crippen molar-refractivity contribution in [2.75, 3.05) is 27.7 Å². The standard InChI is InChI=1S/C9H17NO/c1-9(2,11-5)7-6-8-10(3)4/h8H2,1-5H3. The first-order valence-corrected chi connectivity index (χ1v) is 3.68. The molecular weight excluding hydrogens is 138 g/mol. The van der Waals surface area contributed by atoms with Crippen LogP contribution in [0.15, 0.2) is 0 Å². The predicted molar refractivity (Wildman–Crippen MR) is 47.4 cm³/mol. The first-order valence-electron chi connectivity index (χ1n) is 3.68. The van der Waals surface area contributed by atoms with E-state index in [9.17, 15) is 0 Å². The molecular formula is C9H17NO. The largest absolute Gasteiger partial charge is 0.366 e. The lowest BCUT2D eigenvalue weighted by atomic mass is 10.1. The average molecular weight is 155 g/mol. The zero-order valence-electron chi connectivity index (χ0n) is 8.06. The maximum Gasteiger partial charge on any atom is 0.122 e. The summed E-state index contributed by atoms with van der Waals surface area (Å²) in [5.74, 6) is 6.05. The molecule has 0 aliphatic carbocycles. The minimum atomic E-state index is -0.310. The van der Waals surface area contributed by atoms with Crippen molar-refractivity contribution in [3.8, 4) is 11.8 Å². The van der Waals surface area contributed by atoms with Crippen molar-refractivity contribution in [1.82, 2.24) is 4.90 Å². The third-order valence-corrected chi connectivity index (χ3v) is 1.30. The zero-order valence-corrected chi connectivity index (χ0v) is 8.06. The van der Waals surface area contributed by atoms with Gasteiger partial charge in [0, 0.05) is 7.11 Å². The molecule has 0 bridgehead atoms. The lowest BCUT2D eigenvalue weighted by Gasteiger charge is -2.14. The summed E-state index contributed by atoms with van der Waals surface area (Å²) >= 11 is 0. The van der Waals surface area contributed by atoms with Crippen molar-refractivity contribution in [3.63, 3.8) is 0 Å². The van der Waals surface area contributed by atoms with Crippen molar-refractivity contribution in [3.05, 3.63) is 0 Å². The van der Waals surface area contributed by atoms with E-state index >= 15 is 0 Å². The van der Waals surface area contributed by atoms with Crippen molar-refractivity contribution in [2.45, 2.75) is 19.4 Å². The summed E-state index contributed by atoms with van der Waals surface area (Å²) < 4.78 is 5.13. The molecule has 64 valence electrons. The Morgan fingerprint density at radius 3 is 2.27 bits per heavy atom. The molecule has 2 nitrogen and oxygen atoms in total. The van der Waals surface area contributed by atoms with Crippen LogP contribution in [0.4, 0.5) is 0 Å². The van der Waals surface area contributed by atoms with Gasteiger partial charge in [-0.25, -0.2) is 0 Å². The summed E-state index contributed by atoms with van der Waals surface area (Å²) in [4.78, 5) is 2.03. The fourth-order valence-electron chi connectivity index (χ4n) is 0.462. The van der Waals surface area contributed by atoms with Gasteiger partial charge in [-0.3, -0.25) is 4.90 Å². The normalized spacial score (nSPS) is 11.1. The molecule has 0 aromatic rings. The highest BCUT2D eigenvalue weighted by molar-refractivity contribution is 5.11. The van der Waals surface area contributed by atoms with Gasteiger partial charge in [0.05, 0.1) is 6.54 Å². The van der Waals surface area contributed by atoms with Gasteiger partial charge >= 0.3 is 0 Å². The van der Waals surface area contributed by atoms with Crippen molar-refractivity contribution in [2.24, 2.45) is 0 Å². The van der Waals surface area contributed by atoms with E-state index in [4.69, 9.17) is 4.74 Å². The Kier molecular flexibility index (Phi) is 4.17. The lowest BCUT2D eigenvalue weighted by Crippen LogP contribution is -2.20. The quantitative estimate of drug-likeness (QED) is 0.551.